The van der Waals surface area contributed by atoms with E-state index in [-0.39, 0.29) is 5.92 Å². The van der Waals surface area contributed by atoms with Gasteiger partial charge in [0.05, 0.1) is 11.6 Å². The standard InChI is InChI=1S/C15H14ClNO3/c1-2-19-15(18)12-13(10-5-3-4-6-11(10)16)17-20-14(12)9-7-8-9/h3-6,9H,2,7-8H2,1H3. The molecular weight excluding hydrogens is 278 g/mol. The van der Waals surface area contributed by atoms with E-state index in [1.807, 2.05) is 18.2 Å². The van der Waals surface area contributed by atoms with Crippen LogP contribution < -0.4 is 0 Å². The molecule has 0 aliphatic heterocycles. The summed E-state index contributed by atoms with van der Waals surface area (Å²) in [5, 5.41) is 4.59. The first-order chi connectivity index (χ1) is 9.72. The number of ether oxygens (including phenoxy) is 1. The third-order valence-electron chi connectivity index (χ3n) is 3.28. The lowest BCUT2D eigenvalue weighted by molar-refractivity contribution is 0.0524. The summed E-state index contributed by atoms with van der Waals surface area (Å²) in [5.41, 5.74) is 1.58. The fraction of sp³-hybridized carbons (Fsp3) is 0.333. The van der Waals surface area contributed by atoms with Crippen molar-refractivity contribution in [2.24, 2.45) is 0 Å². The van der Waals surface area contributed by atoms with Gasteiger partial charge in [-0.05, 0) is 25.8 Å². The zero-order valence-electron chi connectivity index (χ0n) is 11.1. The summed E-state index contributed by atoms with van der Waals surface area (Å²) in [4.78, 5) is 12.2. The lowest BCUT2D eigenvalue weighted by Crippen LogP contribution is -2.07. The lowest BCUT2D eigenvalue weighted by atomic mass is 10.0. The van der Waals surface area contributed by atoms with Crippen LogP contribution in [0.1, 0.15) is 41.8 Å². The highest BCUT2D eigenvalue weighted by atomic mass is 35.5. The number of carbonyl (C=O) groups excluding carboxylic acids is 1. The molecule has 1 aromatic heterocycles. The van der Waals surface area contributed by atoms with Crippen LogP contribution >= 0.6 is 11.6 Å². The number of rotatable bonds is 4. The summed E-state index contributed by atoms with van der Waals surface area (Å²) in [6.45, 7) is 2.09. The van der Waals surface area contributed by atoms with Gasteiger partial charge in [-0.15, -0.1) is 0 Å². The Morgan fingerprint density at radius 2 is 2.20 bits per heavy atom. The van der Waals surface area contributed by atoms with E-state index in [0.29, 0.717) is 34.2 Å². The molecule has 1 saturated carbocycles. The van der Waals surface area contributed by atoms with Crippen LogP contribution in [0.25, 0.3) is 11.3 Å². The summed E-state index contributed by atoms with van der Waals surface area (Å²) >= 11 is 6.18. The van der Waals surface area contributed by atoms with Gasteiger partial charge in [0.1, 0.15) is 11.3 Å². The van der Waals surface area contributed by atoms with Crippen LogP contribution in [-0.4, -0.2) is 17.7 Å². The Morgan fingerprint density at radius 3 is 2.85 bits per heavy atom. The quantitative estimate of drug-likeness (QED) is 0.798. The van der Waals surface area contributed by atoms with Gasteiger partial charge in [0.15, 0.2) is 5.76 Å². The molecule has 1 heterocycles. The van der Waals surface area contributed by atoms with Crippen molar-refractivity contribution in [3.8, 4) is 11.3 Å². The zero-order valence-corrected chi connectivity index (χ0v) is 11.8. The first-order valence-corrected chi connectivity index (χ1v) is 7.01. The minimum absolute atomic E-state index is 0.276. The Balaban J connectivity index is 2.11. The third kappa shape index (κ3) is 2.31. The molecule has 0 saturated heterocycles. The van der Waals surface area contributed by atoms with Gasteiger partial charge in [-0.2, -0.15) is 0 Å². The molecule has 104 valence electrons. The van der Waals surface area contributed by atoms with Crippen molar-refractivity contribution >= 4 is 17.6 Å². The van der Waals surface area contributed by atoms with Crippen LogP contribution in [0.5, 0.6) is 0 Å². The minimum atomic E-state index is -0.398. The average molecular weight is 292 g/mol. The first-order valence-electron chi connectivity index (χ1n) is 6.64. The number of nitrogens with zero attached hydrogens (tertiary/aromatic N) is 1. The molecule has 1 fully saturated rings. The van der Waals surface area contributed by atoms with E-state index in [4.69, 9.17) is 20.9 Å². The normalized spacial score (nSPS) is 14.3. The smallest absolute Gasteiger partial charge is 0.344 e. The predicted molar refractivity (Wildman–Crippen MR) is 74.9 cm³/mol. The van der Waals surface area contributed by atoms with Crippen LogP contribution in [0, 0.1) is 0 Å². The van der Waals surface area contributed by atoms with Crippen molar-refractivity contribution in [1.29, 1.82) is 0 Å². The average Bonchev–Trinajstić information content (AvgIpc) is 3.19. The van der Waals surface area contributed by atoms with Gasteiger partial charge < -0.3 is 9.26 Å². The lowest BCUT2D eigenvalue weighted by Gasteiger charge is -2.04. The second-order valence-electron chi connectivity index (χ2n) is 4.75. The Bertz CT molecular complexity index is 646. The van der Waals surface area contributed by atoms with Gasteiger partial charge in [-0.25, -0.2) is 4.79 Å². The van der Waals surface area contributed by atoms with Crippen molar-refractivity contribution in [3.63, 3.8) is 0 Å². The molecule has 1 aliphatic carbocycles. The van der Waals surface area contributed by atoms with Crippen molar-refractivity contribution in [2.75, 3.05) is 6.61 Å². The number of benzene rings is 1. The SMILES string of the molecule is CCOC(=O)c1c(-c2ccccc2Cl)noc1C1CC1. The molecule has 1 aliphatic rings. The van der Waals surface area contributed by atoms with E-state index in [1.165, 1.54) is 0 Å². The first kappa shape index (κ1) is 13.2. The van der Waals surface area contributed by atoms with Gasteiger partial charge in [0.2, 0.25) is 0 Å². The molecule has 0 spiro atoms. The molecule has 0 unspecified atom stereocenters. The molecule has 0 bridgehead atoms. The second kappa shape index (κ2) is 5.29. The molecule has 4 nitrogen and oxygen atoms in total. The third-order valence-corrected chi connectivity index (χ3v) is 3.60. The van der Waals surface area contributed by atoms with Gasteiger partial charge >= 0.3 is 5.97 Å². The predicted octanol–water partition coefficient (Wildman–Crippen LogP) is 4.05. The highest BCUT2D eigenvalue weighted by Crippen LogP contribution is 2.44. The maximum atomic E-state index is 12.2. The molecule has 5 heteroatoms. The van der Waals surface area contributed by atoms with Crippen LogP contribution in [0.15, 0.2) is 28.8 Å². The number of esters is 1. The molecule has 0 radical (unpaired) electrons. The van der Waals surface area contributed by atoms with Gasteiger partial charge in [-0.1, -0.05) is 35.0 Å². The Morgan fingerprint density at radius 1 is 1.45 bits per heavy atom. The number of aromatic nitrogens is 1. The Kier molecular flexibility index (Phi) is 3.49. The maximum Gasteiger partial charge on any atom is 0.344 e. The van der Waals surface area contributed by atoms with E-state index in [0.717, 1.165) is 12.8 Å². The van der Waals surface area contributed by atoms with Crippen molar-refractivity contribution in [3.05, 3.63) is 40.6 Å². The zero-order chi connectivity index (χ0) is 14.1. The number of halogens is 1. The van der Waals surface area contributed by atoms with E-state index in [9.17, 15) is 4.79 Å². The summed E-state index contributed by atoms with van der Waals surface area (Å²) in [6.07, 6.45) is 2.03. The van der Waals surface area contributed by atoms with Crippen molar-refractivity contribution in [1.82, 2.24) is 5.16 Å². The topological polar surface area (TPSA) is 52.3 Å². The molecule has 3 rings (SSSR count). The molecule has 0 N–H and O–H groups in total. The Hall–Kier alpha value is -1.81. The van der Waals surface area contributed by atoms with Crippen LogP contribution in [-0.2, 0) is 4.74 Å². The fourth-order valence-electron chi connectivity index (χ4n) is 2.16. The maximum absolute atomic E-state index is 12.2. The van der Waals surface area contributed by atoms with Crippen LogP contribution in [0.4, 0.5) is 0 Å². The highest BCUT2D eigenvalue weighted by molar-refractivity contribution is 6.33. The number of carbonyl (C=O) groups is 1. The van der Waals surface area contributed by atoms with Gasteiger partial charge in [0, 0.05) is 11.5 Å². The summed E-state index contributed by atoms with van der Waals surface area (Å²) in [6, 6.07) is 7.26. The fourth-order valence-corrected chi connectivity index (χ4v) is 2.39. The van der Waals surface area contributed by atoms with Crippen molar-refractivity contribution < 1.29 is 14.1 Å². The number of hydrogen-bond donors (Lipinski definition) is 0. The number of hydrogen-bond acceptors (Lipinski definition) is 4. The van der Waals surface area contributed by atoms with Crippen molar-refractivity contribution in [2.45, 2.75) is 25.7 Å². The van der Waals surface area contributed by atoms with Gasteiger partial charge in [-0.3, -0.25) is 0 Å². The van der Waals surface area contributed by atoms with E-state index in [2.05, 4.69) is 5.16 Å². The summed E-state index contributed by atoms with van der Waals surface area (Å²) in [7, 11) is 0. The monoisotopic (exact) mass is 291 g/mol. The van der Waals surface area contributed by atoms with Gasteiger partial charge in [0.25, 0.3) is 0 Å². The molecule has 1 aromatic carbocycles. The van der Waals surface area contributed by atoms with E-state index in [1.54, 1.807) is 13.0 Å². The second-order valence-corrected chi connectivity index (χ2v) is 5.15. The van der Waals surface area contributed by atoms with E-state index >= 15 is 0 Å². The minimum Gasteiger partial charge on any atom is -0.462 e. The molecule has 0 amide bonds. The van der Waals surface area contributed by atoms with Crippen LogP contribution in [0.2, 0.25) is 5.02 Å². The summed E-state index contributed by atoms with van der Waals surface area (Å²) < 4.78 is 10.5. The van der Waals surface area contributed by atoms with E-state index < -0.39 is 5.97 Å². The summed E-state index contributed by atoms with van der Waals surface area (Å²) in [5.74, 6) is 0.502. The Labute approximate surface area is 121 Å². The molecule has 20 heavy (non-hydrogen) atoms. The molecule has 0 atom stereocenters. The molecular formula is C15H14ClNO3. The van der Waals surface area contributed by atoms with Crippen LogP contribution in [0.3, 0.4) is 0 Å². The molecule has 2 aromatic rings. The largest absolute Gasteiger partial charge is 0.462 e. The highest BCUT2D eigenvalue weighted by Gasteiger charge is 2.36.